The van der Waals surface area contributed by atoms with Gasteiger partial charge < -0.3 is 20.3 Å². The third kappa shape index (κ3) is 3.36. The van der Waals surface area contributed by atoms with E-state index in [-0.39, 0.29) is 17.5 Å². The number of carbonyl (C=O) groups is 1. The van der Waals surface area contributed by atoms with Crippen molar-refractivity contribution in [1.82, 2.24) is 5.32 Å². The van der Waals surface area contributed by atoms with Gasteiger partial charge in [-0.1, -0.05) is 12.5 Å². The maximum Gasteiger partial charge on any atom is 0.319 e. The van der Waals surface area contributed by atoms with E-state index in [1.807, 2.05) is 33.2 Å². The number of urea groups is 1. The number of hydrogen-bond acceptors (Lipinski definition) is 3. The maximum atomic E-state index is 12.6. The van der Waals surface area contributed by atoms with Gasteiger partial charge in [-0.2, -0.15) is 0 Å². The molecule has 0 bridgehead atoms. The van der Waals surface area contributed by atoms with Crippen LogP contribution in [0.1, 0.15) is 37.7 Å². The third-order valence-corrected chi connectivity index (χ3v) is 5.74. The molecule has 1 aromatic rings. The zero-order valence-electron chi connectivity index (χ0n) is 15.0. The molecular weight excluding hydrogens is 302 g/mol. The largest absolute Gasteiger partial charge is 0.381 e. The molecule has 0 radical (unpaired) electrons. The number of benzene rings is 1. The van der Waals surface area contributed by atoms with Crippen molar-refractivity contribution in [1.29, 1.82) is 0 Å². The Hall–Kier alpha value is -1.75. The smallest absolute Gasteiger partial charge is 0.319 e. The van der Waals surface area contributed by atoms with Crippen LogP contribution >= 0.6 is 0 Å². The molecule has 1 heterocycles. The predicted octanol–water partition coefficient (Wildman–Crippen LogP) is 3.53. The lowest BCUT2D eigenvalue weighted by Crippen LogP contribution is -2.48. The van der Waals surface area contributed by atoms with Gasteiger partial charge in [-0.25, -0.2) is 4.79 Å². The Morgan fingerprint density at radius 2 is 2.00 bits per heavy atom. The van der Waals surface area contributed by atoms with Crippen LogP contribution in [-0.2, 0) is 4.74 Å². The number of ether oxygens (including phenoxy) is 1. The average Bonchev–Trinajstić information content (AvgIpc) is 2.91. The second-order valence-electron chi connectivity index (χ2n) is 7.36. The number of nitrogens with one attached hydrogen (secondary N) is 2. The highest BCUT2D eigenvalue weighted by Crippen LogP contribution is 2.46. The van der Waals surface area contributed by atoms with Gasteiger partial charge in [0.15, 0.2) is 0 Å². The van der Waals surface area contributed by atoms with Crippen LogP contribution in [0, 0.1) is 12.3 Å². The van der Waals surface area contributed by atoms with Crippen molar-refractivity contribution in [2.75, 3.05) is 37.5 Å². The summed E-state index contributed by atoms with van der Waals surface area (Å²) in [5, 5.41) is 6.29. The van der Waals surface area contributed by atoms with Crippen molar-refractivity contribution in [3.8, 4) is 0 Å². The molecule has 1 saturated carbocycles. The van der Waals surface area contributed by atoms with Gasteiger partial charge in [-0.15, -0.1) is 0 Å². The fourth-order valence-electron chi connectivity index (χ4n) is 4.30. The first kappa shape index (κ1) is 17.1. The molecule has 1 aliphatic heterocycles. The van der Waals surface area contributed by atoms with Crippen molar-refractivity contribution in [2.45, 2.75) is 45.1 Å². The quantitative estimate of drug-likeness (QED) is 0.891. The number of rotatable bonds is 3. The zero-order valence-corrected chi connectivity index (χ0v) is 15.0. The molecule has 132 valence electrons. The van der Waals surface area contributed by atoms with Crippen LogP contribution in [0.15, 0.2) is 18.2 Å². The summed E-state index contributed by atoms with van der Waals surface area (Å²) in [5.74, 6) is 0. The second-order valence-corrected chi connectivity index (χ2v) is 7.36. The lowest BCUT2D eigenvalue weighted by molar-refractivity contribution is 0.00652. The Balaban J connectivity index is 1.67. The second kappa shape index (κ2) is 7.01. The highest BCUT2D eigenvalue weighted by molar-refractivity contribution is 5.91. The van der Waals surface area contributed by atoms with E-state index in [2.05, 4.69) is 21.6 Å². The van der Waals surface area contributed by atoms with E-state index in [4.69, 9.17) is 4.74 Å². The van der Waals surface area contributed by atoms with Crippen molar-refractivity contribution in [3.05, 3.63) is 23.8 Å². The van der Waals surface area contributed by atoms with Gasteiger partial charge in [0, 0.05) is 44.7 Å². The van der Waals surface area contributed by atoms with Crippen LogP contribution in [-0.4, -0.2) is 39.4 Å². The van der Waals surface area contributed by atoms with Gasteiger partial charge in [-0.05, 0) is 55.7 Å². The molecule has 1 aromatic carbocycles. The van der Waals surface area contributed by atoms with E-state index in [1.54, 1.807) is 0 Å². The molecule has 3 rings (SSSR count). The Bertz CT molecular complexity index is 594. The maximum absolute atomic E-state index is 12.6. The van der Waals surface area contributed by atoms with Crippen LogP contribution in [0.25, 0.3) is 0 Å². The standard InChI is InChI=1S/C19H29N3O2/c1-14-15(6-4-7-16(14)22(2)3)20-18(23)21-17-8-5-9-19(17)10-12-24-13-11-19/h4,6-7,17H,5,8-13H2,1-3H3,(H2,20,21,23)/t17-/m1/s1. The molecule has 1 aliphatic carbocycles. The van der Waals surface area contributed by atoms with Crippen LogP contribution < -0.4 is 15.5 Å². The molecule has 0 unspecified atom stereocenters. The fraction of sp³-hybridized carbons (Fsp3) is 0.632. The minimum absolute atomic E-state index is 0.0910. The molecule has 5 heteroatoms. The molecule has 5 nitrogen and oxygen atoms in total. The van der Waals surface area contributed by atoms with E-state index < -0.39 is 0 Å². The fourth-order valence-corrected chi connectivity index (χ4v) is 4.30. The first-order valence-corrected chi connectivity index (χ1v) is 8.94. The van der Waals surface area contributed by atoms with E-state index in [9.17, 15) is 4.79 Å². The summed E-state index contributed by atoms with van der Waals surface area (Å²) in [6, 6.07) is 6.17. The number of nitrogens with zero attached hydrogens (tertiary/aromatic N) is 1. The average molecular weight is 331 g/mol. The third-order valence-electron chi connectivity index (χ3n) is 5.74. The van der Waals surface area contributed by atoms with Gasteiger partial charge in [0.05, 0.1) is 0 Å². The van der Waals surface area contributed by atoms with Gasteiger partial charge >= 0.3 is 6.03 Å². The van der Waals surface area contributed by atoms with E-state index in [1.165, 1.54) is 12.8 Å². The van der Waals surface area contributed by atoms with Gasteiger partial charge in [0.1, 0.15) is 0 Å². The Labute approximate surface area is 144 Å². The summed E-state index contributed by atoms with van der Waals surface area (Å²) >= 11 is 0. The van der Waals surface area contributed by atoms with Gasteiger partial charge in [0.25, 0.3) is 0 Å². The molecule has 2 fully saturated rings. The number of anilines is 2. The molecule has 1 saturated heterocycles. The summed E-state index contributed by atoms with van der Waals surface area (Å²) in [5.41, 5.74) is 3.33. The normalized spacial score (nSPS) is 22.4. The van der Waals surface area contributed by atoms with Gasteiger partial charge in [-0.3, -0.25) is 0 Å². The Morgan fingerprint density at radius 1 is 1.25 bits per heavy atom. The summed E-state index contributed by atoms with van der Waals surface area (Å²) in [4.78, 5) is 14.6. The molecule has 24 heavy (non-hydrogen) atoms. The highest BCUT2D eigenvalue weighted by Gasteiger charge is 2.44. The van der Waals surface area contributed by atoms with Crippen molar-refractivity contribution < 1.29 is 9.53 Å². The summed E-state index contributed by atoms with van der Waals surface area (Å²) in [6.45, 7) is 3.69. The summed E-state index contributed by atoms with van der Waals surface area (Å²) < 4.78 is 5.52. The zero-order chi connectivity index (χ0) is 17.2. The number of hydrogen-bond donors (Lipinski definition) is 2. The van der Waals surface area contributed by atoms with Gasteiger partial charge in [0.2, 0.25) is 0 Å². The topological polar surface area (TPSA) is 53.6 Å². The molecule has 2 aliphatic rings. The van der Waals surface area contributed by atoms with Crippen LogP contribution in [0.2, 0.25) is 0 Å². The first-order valence-electron chi connectivity index (χ1n) is 8.94. The van der Waals surface area contributed by atoms with Crippen LogP contribution in [0.4, 0.5) is 16.2 Å². The molecule has 1 atom stereocenters. The molecule has 1 spiro atoms. The Morgan fingerprint density at radius 3 is 2.71 bits per heavy atom. The minimum atomic E-state index is -0.0910. The molecule has 0 aromatic heterocycles. The van der Waals surface area contributed by atoms with Crippen LogP contribution in [0.5, 0.6) is 0 Å². The molecule has 2 N–H and O–H groups in total. The lowest BCUT2D eigenvalue weighted by Gasteiger charge is -2.39. The SMILES string of the molecule is Cc1c(NC(=O)N[C@@H]2CCCC23CCOCC3)cccc1N(C)C. The van der Waals surface area contributed by atoms with Crippen molar-refractivity contribution >= 4 is 17.4 Å². The highest BCUT2D eigenvalue weighted by atomic mass is 16.5. The summed E-state index contributed by atoms with van der Waals surface area (Å²) in [7, 11) is 4.03. The predicted molar refractivity (Wildman–Crippen MR) is 97.8 cm³/mol. The van der Waals surface area contributed by atoms with E-state index in [0.717, 1.165) is 49.4 Å². The lowest BCUT2D eigenvalue weighted by atomic mass is 9.75. The number of amides is 2. The van der Waals surface area contributed by atoms with E-state index in [0.29, 0.717) is 0 Å². The van der Waals surface area contributed by atoms with Crippen molar-refractivity contribution in [3.63, 3.8) is 0 Å². The number of carbonyl (C=O) groups excluding carboxylic acids is 1. The monoisotopic (exact) mass is 331 g/mol. The van der Waals surface area contributed by atoms with Crippen LogP contribution in [0.3, 0.4) is 0 Å². The minimum Gasteiger partial charge on any atom is -0.381 e. The summed E-state index contributed by atoms with van der Waals surface area (Å²) in [6.07, 6.45) is 5.60. The van der Waals surface area contributed by atoms with Crippen molar-refractivity contribution in [2.24, 2.45) is 5.41 Å². The Kier molecular flexibility index (Phi) is 4.99. The molecular formula is C19H29N3O2. The first-order chi connectivity index (χ1) is 11.5. The van der Waals surface area contributed by atoms with E-state index >= 15 is 0 Å². The molecule has 2 amide bonds.